The Hall–Kier alpha value is -1.70. The number of likely N-dealkylation sites (tertiary alicyclic amines) is 1. The molecule has 2 rings (SSSR count). The summed E-state index contributed by atoms with van der Waals surface area (Å²) in [6, 6.07) is 1.08. The molecule has 1 amide bonds. The van der Waals surface area contributed by atoms with Gasteiger partial charge in [0.05, 0.1) is 11.0 Å². The SMILES string of the molecule is CS[C@@H]1CCCCN(C(=O)c2cc(F)c(F)cc2[N+](=O)[O-])C1. The maximum Gasteiger partial charge on any atom is 0.285 e. The van der Waals surface area contributed by atoms with Crippen LogP contribution in [0.5, 0.6) is 0 Å². The first kappa shape index (κ1) is 16.7. The minimum Gasteiger partial charge on any atom is -0.337 e. The molecule has 1 atom stereocenters. The van der Waals surface area contributed by atoms with Crippen LogP contribution in [0.3, 0.4) is 0 Å². The summed E-state index contributed by atoms with van der Waals surface area (Å²) in [5.41, 5.74) is -1.10. The molecule has 1 saturated heterocycles. The predicted octanol–water partition coefficient (Wildman–Crippen LogP) is 3.23. The van der Waals surface area contributed by atoms with E-state index in [9.17, 15) is 23.7 Å². The number of amides is 1. The standard InChI is InChI=1S/C14H16F2N2O3S/c1-22-9-4-2-3-5-17(8-9)14(19)10-6-11(15)12(16)7-13(10)18(20)21/h6-7,9H,2-5,8H2,1H3/t9-/m1/s1. The van der Waals surface area contributed by atoms with Gasteiger partial charge in [-0.15, -0.1) is 0 Å². The van der Waals surface area contributed by atoms with Crippen molar-refractivity contribution in [2.75, 3.05) is 19.3 Å². The Bertz CT molecular complexity index is 598. The Morgan fingerprint density at radius 2 is 2.05 bits per heavy atom. The Labute approximate surface area is 130 Å². The predicted molar refractivity (Wildman–Crippen MR) is 80.1 cm³/mol. The molecule has 0 aliphatic carbocycles. The van der Waals surface area contributed by atoms with Gasteiger partial charge in [-0.05, 0) is 25.2 Å². The van der Waals surface area contributed by atoms with Crippen LogP contribution in [0.1, 0.15) is 29.6 Å². The molecule has 0 bridgehead atoms. The molecule has 0 unspecified atom stereocenters. The van der Waals surface area contributed by atoms with E-state index in [1.54, 1.807) is 11.8 Å². The summed E-state index contributed by atoms with van der Waals surface area (Å²) in [5, 5.41) is 11.2. The third-order valence-electron chi connectivity index (χ3n) is 3.71. The molecular weight excluding hydrogens is 314 g/mol. The van der Waals surface area contributed by atoms with Gasteiger partial charge in [-0.3, -0.25) is 14.9 Å². The van der Waals surface area contributed by atoms with E-state index in [0.717, 1.165) is 19.3 Å². The van der Waals surface area contributed by atoms with Crippen LogP contribution in [0.2, 0.25) is 0 Å². The van der Waals surface area contributed by atoms with Gasteiger partial charge in [-0.2, -0.15) is 11.8 Å². The van der Waals surface area contributed by atoms with Crippen molar-refractivity contribution in [2.24, 2.45) is 0 Å². The summed E-state index contributed by atoms with van der Waals surface area (Å²) in [6.45, 7) is 0.919. The van der Waals surface area contributed by atoms with Crippen LogP contribution >= 0.6 is 11.8 Å². The van der Waals surface area contributed by atoms with Crippen LogP contribution in [0.15, 0.2) is 12.1 Å². The van der Waals surface area contributed by atoms with Gasteiger partial charge in [0.15, 0.2) is 11.6 Å². The number of benzene rings is 1. The lowest BCUT2D eigenvalue weighted by atomic mass is 10.1. The third kappa shape index (κ3) is 3.55. The van der Waals surface area contributed by atoms with Crippen molar-refractivity contribution in [3.8, 4) is 0 Å². The van der Waals surface area contributed by atoms with Crippen molar-refractivity contribution in [3.05, 3.63) is 39.4 Å². The van der Waals surface area contributed by atoms with Crippen molar-refractivity contribution < 1.29 is 18.5 Å². The lowest BCUT2D eigenvalue weighted by Crippen LogP contribution is -2.36. The number of halogens is 2. The number of hydrogen-bond acceptors (Lipinski definition) is 4. The highest BCUT2D eigenvalue weighted by Crippen LogP contribution is 2.26. The first-order valence-electron chi connectivity index (χ1n) is 6.89. The number of nitrogens with zero attached hydrogens (tertiary/aromatic N) is 2. The molecule has 0 radical (unpaired) electrons. The van der Waals surface area contributed by atoms with Crippen molar-refractivity contribution >= 4 is 23.4 Å². The maximum atomic E-state index is 13.4. The third-order valence-corrected chi connectivity index (χ3v) is 4.77. The second kappa shape index (κ2) is 7.04. The summed E-state index contributed by atoms with van der Waals surface area (Å²) in [5.74, 6) is -3.21. The van der Waals surface area contributed by atoms with Crippen LogP contribution in [0.25, 0.3) is 0 Å². The van der Waals surface area contributed by atoms with Gasteiger partial charge >= 0.3 is 0 Å². The number of carbonyl (C=O) groups excluding carboxylic acids is 1. The van der Waals surface area contributed by atoms with E-state index in [-0.39, 0.29) is 5.25 Å². The number of carbonyl (C=O) groups is 1. The lowest BCUT2D eigenvalue weighted by molar-refractivity contribution is -0.385. The second-order valence-corrected chi connectivity index (χ2v) is 6.28. The molecule has 22 heavy (non-hydrogen) atoms. The molecule has 8 heteroatoms. The van der Waals surface area contributed by atoms with Crippen LogP contribution < -0.4 is 0 Å². The lowest BCUT2D eigenvalue weighted by Gasteiger charge is -2.23. The smallest absolute Gasteiger partial charge is 0.285 e. The Balaban J connectivity index is 2.35. The zero-order valence-corrected chi connectivity index (χ0v) is 12.9. The normalized spacial score (nSPS) is 18.9. The molecule has 1 aliphatic heterocycles. The molecule has 0 aromatic heterocycles. The van der Waals surface area contributed by atoms with E-state index in [1.165, 1.54) is 4.90 Å². The molecule has 0 saturated carbocycles. The molecule has 1 heterocycles. The highest BCUT2D eigenvalue weighted by molar-refractivity contribution is 7.99. The fourth-order valence-corrected chi connectivity index (χ4v) is 3.24. The van der Waals surface area contributed by atoms with Crippen LogP contribution in [-0.4, -0.2) is 40.3 Å². The van der Waals surface area contributed by atoms with E-state index in [2.05, 4.69) is 0 Å². The molecule has 120 valence electrons. The van der Waals surface area contributed by atoms with Gasteiger partial charge in [-0.1, -0.05) is 6.42 Å². The van der Waals surface area contributed by atoms with Crippen molar-refractivity contribution in [3.63, 3.8) is 0 Å². The molecule has 1 aliphatic rings. The Morgan fingerprint density at radius 1 is 1.36 bits per heavy atom. The minimum atomic E-state index is -1.33. The minimum absolute atomic E-state index is 0.246. The van der Waals surface area contributed by atoms with Crippen LogP contribution in [0, 0.1) is 21.7 Å². The Morgan fingerprint density at radius 3 is 2.68 bits per heavy atom. The summed E-state index contributed by atoms with van der Waals surface area (Å²) in [7, 11) is 0. The molecule has 1 aromatic rings. The number of nitro benzene ring substituents is 1. The van der Waals surface area contributed by atoms with Gasteiger partial charge in [0.2, 0.25) is 0 Å². The van der Waals surface area contributed by atoms with Gasteiger partial charge in [0.25, 0.3) is 11.6 Å². The van der Waals surface area contributed by atoms with E-state index in [0.29, 0.717) is 25.2 Å². The summed E-state index contributed by atoms with van der Waals surface area (Å²) in [6.07, 6.45) is 4.67. The first-order chi connectivity index (χ1) is 10.4. The summed E-state index contributed by atoms with van der Waals surface area (Å²) >= 11 is 1.63. The van der Waals surface area contributed by atoms with Crippen molar-refractivity contribution in [1.82, 2.24) is 4.90 Å². The van der Waals surface area contributed by atoms with Gasteiger partial charge in [-0.25, -0.2) is 8.78 Å². The van der Waals surface area contributed by atoms with Crippen LogP contribution in [0.4, 0.5) is 14.5 Å². The fourth-order valence-electron chi connectivity index (χ4n) is 2.51. The highest BCUT2D eigenvalue weighted by Gasteiger charge is 2.29. The first-order valence-corrected chi connectivity index (χ1v) is 8.18. The average molecular weight is 330 g/mol. The molecule has 1 aromatic carbocycles. The number of nitro groups is 1. The van der Waals surface area contributed by atoms with Gasteiger partial charge < -0.3 is 4.90 Å². The number of thioether (sulfide) groups is 1. The van der Waals surface area contributed by atoms with E-state index >= 15 is 0 Å². The molecular formula is C14H16F2N2O3S. The summed E-state index contributed by atoms with van der Waals surface area (Å²) in [4.78, 5) is 24.2. The van der Waals surface area contributed by atoms with Crippen LogP contribution in [-0.2, 0) is 0 Å². The van der Waals surface area contributed by atoms with Gasteiger partial charge in [0, 0.05) is 18.3 Å². The van der Waals surface area contributed by atoms with Crippen molar-refractivity contribution in [1.29, 1.82) is 0 Å². The number of hydrogen-bond donors (Lipinski definition) is 0. The fraction of sp³-hybridized carbons (Fsp3) is 0.500. The quantitative estimate of drug-likeness (QED) is 0.630. The largest absolute Gasteiger partial charge is 0.337 e. The maximum absolute atomic E-state index is 13.4. The Kier molecular flexibility index (Phi) is 5.33. The summed E-state index contributed by atoms with van der Waals surface area (Å²) < 4.78 is 26.6. The molecule has 5 nitrogen and oxygen atoms in total. The zero-order valence-electron chi connectivity index (χ0n) is 12.1. The molecule has 0 N–H and O–H groups in total. The van der Waals surface area contributed by atoms with E-state index in [1.807, 2.05) is 6.26 Å². The average Bonchev–Trinajstić information content (AvgIpc) is 2.74. The van der Waals surface area contributed by atoms with Crippen molar-refractivity contribution in [2.45, 2.75) is 24.5 Å². The highest BCUT2D eigenvalue weighted by atomic mass is 32.2. The molecule has 1 fully saturated rings. The van der Waals surface area contributed by atoms with Gasteiger partial charge in [0.1, 0.15) is 5.56 Å². The monoisotopic (exact) mass is 330 g/mol. The molecule has 0 spiro atoms. The topological polar surface area (TPSA) is 63.5 Å². The van der Waals surface area contributed by atoms with E-state index < -0.39 is 33.7 Å². The number of rotatable bonds is 3. The zero-order chi connectivity index (χ0) is 16.3. The van der Waals surface area contributed by atoms with E-state index in [4.69, 9.17) is 0 Å². The second-order valence-electron chi connectivity index (χ2n) is 5.15.